The summed E-state index contributed by atoms with van der Waals surface area (Å²) in [6, 6.07) is 0.386. The molecule has 2 N–H and O–H groups in total. The van der Waals surface area contributed by atoms with Gasteiger partial charge in [0.05, 0.1) is 6.61 Å². The molecule has 1 heterocycles. The Hall–Kier alpha value is -0.610. The molecule has 4 heteroatoms. The van der Waals surface area contributed by atoms with Crippen molar-refractivity contribution in [2.24, 2.45) is 5.92 Å². The first-order valence-corrected chi connectivity index (χ1v) is 8.42. The molecule has 1 aliphatic heterocycles. The maximum Gasteiger partial charge on any atom is 0.222 e. The predicted octanol–water partition coefficient (Wildman–Crippen LogP) is 1.92. The largest absolute Gasteiger partial charge is 0.395 e. The second-order valence-corrected chi connectivity index (χ2v) is 6.33. The van der Waals surface area contributed by atoms with E-state index in [9.17, 15) is 9.90 Å². The number of hydrogen-bond donors (Lipinski definition) is 2. The Balaban J connectivity index is 1.79. The Bertz CT molecular complexity index is 284. The van der Waals surface area contributed by atoms with Crippen molar-refractivity contribution >= 4 is 5.91 Å². The van der Waals surface area contributed by atoms with Crippen LogP contribution in [0.1, 0.15) is 57.8 Å². The van der Waals surface area contributed by atoms with Gasteiger partial charge in [-0.2, -0.15) is 0 Å². The molecule has 0 aromatic carbocycles. The van der Waals surface area contributed by atoms with Crippen LogP contribution in [0.3, 0.4) is 0 Å². The number of piperidine rings is 1. The van der Waals surface area contributed by atoms with Crippen LogP contribution in [0.25, 0.3) is 0 Å². The summed E-state index contributed by atoms with van der Waals surface area (Å²) in [6.45, 7) is 2.81. The van der Waals surface area contributed by atoms with Crippen LogP contribution in [-0.2, 0) is 4.79 Å². The molecule has 0 aromatic rings. The summed E-state index contributed by atoms with van der Waals surface area (Å²) in [4.78, 5) is 14.4. The number of carbonyl (C=O) groups excluding carboxylic acids is 1. The third kappa shape index (κ3) is 4.74. The van der Waals surface area contributed by atoms with Crippen molar-refractivity contribution in [3.05, 3.63) is 0 Å². The fourth-order valence-electron chi connectivity index (χ4n) is 3.65. The van der Waals surface area contributed by atoms with E-state index in [2.05, 4.69) is 5.32 Å². The second kappa shape index (κ2) is 8.63. The zero-order chi connectivity index (χ0) is 14.2. The Labute approximate surface area is 122 Å². The van der Waals surface area contributed by atoms with Crippen LogP contribution in [0.4, 0.5) is 0 Å². The van der Waals surface area contributed by atoms with Gasteiger partial charge in [-0.25, -0.2) is 0 Å². The molecule has 0 aromatic heterocycles. The maximum absolute atomic E-state index is 12.5. The molecule has 1 aliphatic carbocycles. The molecule has 2 rings (SSSR count). The minimum absolute atomic E-state index is 0.0928. The van der Waals surface area contributed by atoms with E-state index in [1.54, 1.807) is 0 Å². The highest BCUT2D eigenvalue weighted by atomic mass is 16.3. The highest BCUT2D eigenvalue weighted by Crippen LogP contribution is 2.24. The van der Waals surface area contributed by atoms with Crippen molar-refractivity contribution in [2.75, 3.05) is 26.2 Å². The summed E-state index contributed by atoms with van der Waals surface area (Å²) in [5, 5.41) is 12.6. The smallest absolute Gasteiger partial charge is 0.222 e. The molecular formula is C16H30N2O2. The Morgan fingerprint density at radius 2 is 1.80 bits per heavy atom. The van der Waals surface area contributed by atoms with Crippen molar-refractivity contribution in [3.8, 4) is 0 Å². The second-order valence-electron chi connectivity index (χ2n) is 6.33. The summed E-state index contributed by atoms with van der Waals surface area (Å²) < 4.78 is 0. The number of aliphatic hydroxyl groups excluding tert-OH is 1. The average Bonchev–Trinajstić information content (AvgIpc) is 2.52. The summed E-state index contributed by atoms with van der Waals surface area (Å²) in [5.41, 5.74) is 0. The molecule has 116 valence electrons. The van der Waals surface area contributed by atoms with Crippen LogP contribution in [0.15, 0.2) is 0 Å². The molecule has 0 radical (unpaired) electrons. The SMILES string of the molecule is O=C(CCC1CCNCC1)N(CCO)C1CCCCC1. The van der Waals surface area contributed by atoms with E-state index in [1.807, 2.05) is 4.90 Å². The lowest BCUT2D eigenvalue weighted by atomic mass is 9.91. The molecule has 2 aliphatic rings. The van der Waals surface area contributed by atoms with E-state index in [0.717, 1.165) is 32.4 Å². The van der Waals surface area contributed by atoms with Gasteiger partial charge in [0, 0.05) is 19.0 Å². The van der Waals surface area contributed by atoms with Gasteiger partial charge in [-0.1, -0.05) is 19.3 Å². The molecule has 20 heavy (non-hydrogen) atoms. The van der Waals surface area contributed by atoms with Crippen molar-refractivity contribution in [2.45, 2.75) is 63.8 Å². The molecule has 0 atom stereocenters. The molecule has 0 bridgehead atoms. The first-order valence-electron chi connectivity index (χ1n) is 8.42. The summed E-state index contributed by atoms with van der Waals surface area (Å²) in [5.74, 6) is 0.979. The lowest BCUT2D eigenvalue weighted by molar-refractivity contribution is -0.135. The predicted molar refractivity (Wildman–Crippen MR) is 80.5 cm³/mol. The number of hydrogen-bond acceptors (Lipinski definition) is 3. The zero-order valence-electron chi connectivity index (χ0n) is 12.6. The number of nitrogens with zero attached hydrogens (tertiary/aromatic N) is 1. The van der Waals surface area contributed by atoms with Gasteiger partial charge in [-0.3, -0.25) is 4.79 Å². The fourth-order valence-corrected chi connectivity index (χ4v) is 3.65. The van der Waals surface area contributed by atoms with Gasteiger partial charge < -0.3 is 15.3 Å². The molecule has 1 saturated carbocycles. The molecule has 1 amide bonds. The van der Waals surface area contributed by atoms with Crippen molar-refractivity contribution in [3.63, 3.8) is 0 Å². The monoisotopic (exact) mass is 282 g/mol. The van der Waals surface area contributed by atoms with E-state index in [1.165, 1.54) is 32.1 Å². The van der Waals surface area contributed by atoms with Gasteiger partial charge in [0.25, 0.3) is 0 Å². The van der Waals surface area contributed by atoms with Crippen molar-refractivity contribution in [1.82, 2.24) is 10.2 Å². The minimum Gasteiger partial charge on any atom is -0.395 e. The summed E-state index contributed by atoms with van der Waals surface area (Å²) in [6.07, 6.45) is 10.1. The highest BCUT2D eigenvalue weighted by molar-refractivity contribution is 5.76. The molecule has 0 spiro atoms. The van der Waals surface area contributed by atoms with Crippen molar-refractivity contribution in [1.29, 1.82) is 0 Å². The highest BCUT2D eigenvalue weighted by Gasteiger charge is 2.25. The van der Waals surface area contributed by atoms with Crippen LogP contribution in [0.5, 0.6) is 0 Å². The minimum atomic E-state index is 0.0928. The standard InChI is InChI=1S/C16H30N2O2/c19-13-12-18(15-4-2-1-3-5-15)16(20)7-6-14-8-10-17-11-9-14/h14-15,17,19H,1-13H2. The number of amides is 1. The lowest BCUT2D eigenvalue weighted by Gasteiger charge is -2.34. The van der Waals surface area contributed by atoms with Gasteiger partial charge in [-0.05, 0) is 51.1 Å². The van der Waals surface area contributed by atoms with Crippen LogP contribution in [0.2, 0.25) is 0 Å². The maximum atomic E-state index is 12.5. The number of nitrogens with one attached hydrogen (secondary N) is 1. The topological polar surface area (TPSA) is 52.6 Å². The van der Waals surface area contributed by atoms with Gasteiger partial charge in [0.1, 0.15) is 0 Å². The molecular weight excluding hydrogens is 252 g/mol. The third-order valence-corrected chi connectivity index (χ3v) is 4.90. The Kier molecular flexibility index (Phi) is 6.80. The van der Waals surface area contributed by atoms with Gasteiger partial charge in [0.2, 0.25) is 5.91 Å². The molecule has 0 unspecified atom stereocenters. The summed E-state index contributed by atoms with van der Waals surface area (Å²) >= 11 is 0. The number of rotatable bonds is 6. The van der Waals surface area contributed by atoms with Crippen molar-refractivity contribution < 1.29 is 9.90 Å². The lowest BCUT2D eigenvalue weighted by Crippen LogP contribution is -2.43. The first kappa shape index (κ1) is 15.8. The van der Waals surface area contributed by atoms with E-state index < -0.39 is 0 Å². The average molecular weight is 282 g/mol. The Morgan fingerprint density at radius 1 is 1.10 bits per heavy atom. The van der Waals surface area contributed by atoms with Crippen LogP contribution in [-0.4, -0.2) is 48.2 Å². The third-order valence-electron chi connectivity index (χ3n) is 4.90. The quantitative estimate of drug-likeness (QED) is 0.782. The normalized spacial score (nSPS) is 21.9. The van der Waals surface area contributed by atoms with E-state index in [4.69, 9.17) is 0 Å². The fraction of sp³-hybridized carbons (Fsp3) is 0.938. The molecule has 2 fully saturated rings. The van der Waals surface area contributed by atoms with E-state index >= 15 is 0 Å². The van der Waals surface area contributed by atoms with Gasteiger partial charge >= 0.3 is 0 Å². The number of aliphatic hydroxyl groups is 1. The van der Waals surface area contributed by atoms with Gasteiger partial charge in [0.15, 0.2) is 0 Å². The summed E-state index contributed by atoms with van der Waals surface area (Å²) in [7, 11) is 0. The van der Waals surface area contributed by atoms with Gasteiger partial charge in [-0.15, -0.1) is 0 Å². The zero-order valence-corrected chi connectivity index (χ0v) is 12.6. The molecule has 1 saturated heterocycles. The first-order chi connectivity index (χ1) is 9.81. The Morgan fingerprint density at radius 3 is 2.45 bits per heavy atom. The van der Waals surface area contributed by atoms with Crippen LogP contribution < -0.4 is 5.32 Å². The molecule has 4 nitrogen and oxygen atoms in total. The number of carbonyl (C=O) groups is 1. The van der Waals surface area contributed by atoms with Crippen LogP contribution in [0, 0.1) is 5.92 Å². The van der Waals surface area contributed by atoms with Crippen LogP contribution >= 0.6 is 0 Å². The van der Waals surface area contributed by atoms with E-state index in [0.29, 0.717) is 24.9 Å². The van der Waals surface area contributed by atoms with E-state index in [-0.39, 0.29) is 12.5 Å².